The summed E-state index contributed by atoms with van der Waals surface area (Å²) < 4.78 is 0.975. The van der Waals surface area contributed by atoms with Crippen LogP contribution in [0.1, 0.15) is 38.2 Å². The average molecular weight is 369 g/mol. The molecule has 2 rings (SSSR count). The van der Waals surface area contributed by atoms with E-state index in [2.05, 4.69) is 28.2 Å². The fourth-order valence-electron chi connectivity index (χ4n) is 2.83. The maximum absolute atomic E-state index is 12.3. The lowest BCUT2D eigenvalue weighted by Crippen LogP contribution is -2.58. The maximum Gasteiger partial charge on any atom is 0.225 e. The summed E-state index contributed by atoms with van der Waals surface area (Å²) in [5.74, 6) is 0.657. The van der Waals surface area contributed by atoms with Crippen LogP contribution in [-0.2, 0) is 11.2 Å². The molecule has 114 valence electrons. The first-order valence-corrected chi connectivity index (χ1v) is 8.47. The fraction of sp³-hybridized carbons (Fsp3) is 0.500. The van der Waals surface area contributed by atoms with E-state index in [0.29, 0.717) is 17.3 Å². The third kappa shape index (κ3) is 4.27. The Morgan fingerprint density at radius 3 is 2.71 bits per heavy atom. The minimum atomic E-state index is -0.495. The zero-order chi connectivity index (χ0) is 15.5. The number of amides is 1. The van der Waals surface area contributed by atoms with E-state index in [0.717, 1.165) is 35.7 Å². The Labute approximate surface area is 139 Å². The molecule has 1 aromatic carbocycles. The number of carbonyl (C=O) groups excluding carboxylic acids is 1. The first-order chi connectivity index (χ1) is 9.91. The topological polar surface area (TPSA) is 55.1 Å². The lowest BCUT2D eigenvalue weighted by atomic mass is 9.77. The lowest BCUT2D eigenvalue weighted by molar-refractivity contribution is -0.122. The van der Waals surface area contributed by atoms with E-state index in [1.54, 1.807) is 0 Å². The van der Waals surface area contributed by atoms with Gasteiger partial charge in [-0.05, 0) is 49.3 Å². The van der Waals surface area contributed by atoms with Crippen LogP contribution >= 0.6 is 28.1 Å². The van der Waals surface area contributed by atoms with Crippen LogP contribution in [0.3, 0.4) is 0 Å². The predicted molar refractivity (Wildman–Crippen MR) is 93.1 cm³/mol. The van der Waals surface area contributed by atoms with E-state index in [-0.39, 0.29) is 5.91 Å². The van der Waals surface area contributed by atoms with Gasteiger partial charge in [0.05, 0.1) is 16.9 Å². The van der Waals surface area contributed by atoms with Crippen molar-refractivity contribution in [1.29, 1.82) is 0 Å². The van der Waals surface area contributed by atoms with E-state index in [1.165, 1.54) is 0 Å². The number of thiocarbonyl (C=S) groups is 1. The fourth-order valence-corrected chi connectivity index (χ4v) is 3.53. The van der Waals surface area contributed by atoms with Gasteiger partial charge in [-0.2, -0.15) is 0 Å². The average Bonchev–Trinajstić information content (AvgIpc) is 2.41. The van der Waals surface area contributed by atoms with Crippen molar-refractivity contribution in [2.45, 2.75) is 44.6 Å². The number of nitrogens with two attached hydrogens (primary N) is 1. The second-order valence-corrected chi connectivity index (χ2v) is 7.34. The van der Waals surface area contributed by atoms with Gasteiger partial charge < -0.3 is 11.1 Å². The second-order valence-electron chi connectivity index (χ2n) is 5.98. The molecule has 3 nitrogen and oxygen atoms in total. The van der Waals surface area contributed by atoms with Gasteiger partial charge in [0.1, 0.15) is 0 Å². The molecule has 1 saturated carbocycles. The van der Waals surface area contributed by atoms with Crippen LogP contribution in [0.4, 0.5) is 0 Å². The molecular formula is C16H21BrN2OS. The van der Waals surface area contributed by atoms with Crippen molar-refractivity contribution in [2.24, 2.45) is 11.7 Å². The van der Waals surface area contributed by atoms with Crippen LogP contribution in [0.25, 0.3) is 0 Å². The van der Waals surface area contributed by atoms with Gasteiger partial charge in [-0.3, -0.25) is 4.79 Å². The standard InChI is InChI=1S/C16H21BrN2OS/c1-11-5-7-16(8-6-11,15(18)21)19-14(20)10-12-3-2-4-13(17)9-12/h2-4,9,11H,5-8,10H2,1H3,(H2,18,21)(H,19,20). The maximum atomic E-state index is 12.3. The molecule has 0 saturated heterocycles. The Morgan fingerprint density at radius 1 is 1.48 bits per heavy atom. The van der Waals surface area contributed by atoms with Crippen molar-refractivity contribution in [3.8, 4) is 0 Å². The summed E-state index contributed by atoms with van der Waals surface area (Å²) in [6.07, 6.45) is 4.13. The number of hydrogen-bond donors (Lipinski definition) is 2. The van der Waals surface area contributed by atoms with Crippen LogP contribution in [0.2, 0.25) is 0 Å². The summed E-state index contributed by atoms with van der Waals surface area (Å²) in [7, 11) is 0. The van der Waals surface area contributed by atoms with Gasteiger partial charge in [-0.25, -0.2) is 0 Å². The van der Waals surface area contributed by atoms with Gasteiger partial charge in [0.15, 0.2) is 0 Å². The lowest BCUT2D eigenvalue weighted by Gasteiger charge is -2.39. The second kappa shape index (κ2) is 6.88. The van der Waals surface area contributed by atoms with Crippen LogP contribution in [0, 0.1) is 5.92 Å². The first kappa shape index (κ1) is 16.4. The number of nitrogens with one attached hydrogen (secondary N) is 1. The summed E-state index contributed by atoms with van der Waals surface area (Å²) in [4.78, 5) is 12.8. The molecule has 1 aliphatic rings. The highest BCUT2D eigenvalue weighted by Crippen LogP contribution is 2.32. The molecule has 0 aromatic heterocycles. The number of benzene rings is 1. The Hall–Kier alpha value is -0.940. The smallest absolute Gasteiger partial charge is 0.225 e. The third-order valence-electron chi connectivity index (χ3n) is 4.23. The highest BCUT2D eigenvalue weighted by atomic mass is 79.9. The highest BCUT2D eigenvalue weighted by molar-refractivity contribution is 9.10. The highest BCUT2D eigenvalue weighted by Gasteiger charge is 2.38. The molecule has 0 radical (unpaired) electrons. The van der Waals surface area contributed by atoms with E-state index >= 15 is 0 Å². The number of carbonyl (C=O) groups is 1. The molecule has 21 heavy (non-hydrogen) atoms. The van der Waals surface area contributed by atoms with Crippen LogP contribution < -0.4 is 11.1 Å². The Balaban J connectivity index is 2.04. The van der Waals surface area contributed by atoms with E-state index in [9.17, 15) is 4.79 Å². The summed E-state index contributed by atoms with van der Waals surface area (Å²) in [5.41, 5.74) is 6.40. The SMILES string of the molecule is CC1CCC(NC(=O)Cc2cccc(Br)c2)(C(N)=S)CC1. The summed E-state index contributed by atoms with van der Waals surface area (Å²) in [5, 5.41) is 3.10. The van der Waals surface area contributed by atoms with Gasteiger partial charge >= 0.3 is 0 Å². The Bertz CT molecular complexity index is 539. The number of halogens is 1. The van der Waals surface area contributed by atoms with E-state index in [4.69, 9.17) is 18.0 Å². The van der Waals surface area contributed by atoms with Gasteiger partial charge in [0, 0.05) is 4.47 Å². The van der Waals surface area contributed by atoms with Gasteiger partial charge in [0.2, 0.25) is 5.91 Å². The van der Waals surface area contributed by atoms with Crippen molar-refractivity contribution >= 4 is 39.0 Å². The molecule has 1 aliphatic carbocycles. The Kier molecular flexibility index (Phi) is 5.38. The molecule has 0 unspecified atom stereocenters. The van der Waals surface area contributed by atoms with Gasteiger partial charge in [0.25, 0.3) is 0 Å². The van der Waals surface area contributed by atoms with Crippen molar-refractivity contribution < 1.29 is 4.79 Å². The van der Waals surface area contributed by atoms with Crippen LogP contribution in [0.5, 0.6) is 0 Å². The van der Waals surface area contributed by atoms with Crippen molar-refractivity contribution in [3.05, 3.63) is 34.3 Å². The molecule has 3 N–H and O–H groups in total. The summed E-state index contributed by atoms with van der Waals surface area (Å²) >= 11 is 8.64. The first-order valence-electron chi connectivity index (χ1n) is 7.27. The molecule has 0 atom stereocenters. The van der Waals surface area contributed by atoms with Crippen LogP contribution in [-0.4, -0.2) is 16.4 Å². The molecule has 0 aliphatic heterocycles. The molecular weight excluding hydrogens is 348 g/mol. The van der Waals surface area contributed by atoms with Crippen LogP contribution in [0.15, 0.2) is 28.7 Å². The van der Waals surface area contributed by atoms with Gasteiger partial charge in [-0.15, -0.1) is 0 Å². The Morgan fingerprint density at radius 2 is 2.14 bits per heavy atom. The summed E-state index contributed by atoms with van der Waals surface area (Å²) in [6, 6.07) is 7.77. The minimum absolute atomic E-state index is 0.0181. The van der Waals surface area contributed by atoms with E-state index in [1.807, 2.05) is 24.3 Å². The summed E-state index contributed by atoms with van der Waals surface area (Å²) in [6.45, 7) is 2.23. The molecule has 5 heteroatoms. The van der Waals surface area contributed by atoms with Crippen molar-refractivity contribution in [2.75, 3.05) is 0 Å². The molecule has 1 fully saturated rings. The van der Waals surface area contributed by atoms with Crippen molar-refractivity contribution in [1.82, 2.24) is 5.32 Å². The predicted octanol–water partition coefficient (Wildman–Crippen LogP) is 3.34. The molecule has 0 heterocycles. The van der Waals surface area contributed by atoms with Crippen molar-refractivity contribution in [3.63, 3.8) is 0 Å². The molecule has 1 aromatic rings. The zero-order valence-corrected chi connectivity index (χ0v) is 14.6. The van der Waals surface area contributed by atoms with Gasteiger partial charge in [-0.1, -0.05) is 47.2 Å². The molecule has 1 amide bonds. The number of rotatable bonds is 4. The third-order valence-corrected chi connectivity index (χ3v) is 5.12. The number of hydrogen-bond acceptors (Lipinski definition) is 2. The zero-order valence-electron chi connectivity index (χ0n) is 12.2. The molecule has 0 spiro atoms. The quantitative estimate of drug-likeness (QED) is 0.801. The minimum Gasteiger partial charge on any atom is -0.391 e. The largest absolute Gasteiger partial charge is 0.391 e. The molecule has 0 bridgehead atoms. The monoisotopic (exact) mass is 368 g/mol. The normalized spacial score (nSPS) is 25.3. The van der Waals surface area contributed by atoms with E-state index < -0.39 is 5.54 Å².